The zero-order valence-electron chi connectivity index (χ0n) is 16.3. The molecule has 158 valence electrons. The van der Waals surface area contributed by atoms with Crippen LogP contribution in [0.25, 0.3) is 10.9 Å². The van der Waals surface area contributed by atoms with Crippen LogP contribution in [0, 0.1) is 11.6 Å². The molecule has 30 heavy (non-hydrogen) atoms. The molecule has 0 spiro atoms. The fourth-order valence-corrected chi connectivity index (χ4v) is 5.35. The number of carbonyl (C=O) groups is 1. The van der Waals surface area contributed by atoms with E-state index in [1.54, 1.807) is 16.2 Å². The SMILES string of the molecule is O=C(c1cc2c(F)c(F)ccc2[nH]1)N1CCc2nc(N[C@H]3CC[C@@H](O)CC3)sc2C1. The van der Waals surface area contributed by atoms with Gasteiger partial charge < -0.3 is 20.3 Å². The van der Waals surface area contributed by atoms with Gasteiger partial charge in [0.05, 0.1) is 18.3 Å². The van der Waals surface area contributed by atoms with Crippen molar-refractivity contribution in [1.82, 2.24) is 14.9 Å². The lowest BCUT2D eigenvalue weighted by atomic mass is 9.93. The van der Waals surface area contributed by atoms with Crippen molar-refractivity contribution in [3.05, 3.63) is 46.1 Å². The van der Waals surface area contributed by atoms with E-state index in [-0.39, 0.29) is 23.1 Å². The third-order valence-corrected chi connectivity index (χ3v) is 6.98. The van der Waals surface area contributed by atoms with Crippen molar-refractivity contribution < 1.29 is 18.7 Å². The summed E-state index contributed by atoms with van der Waals surface area (Å²) in [6.45, 7) is 0.972. The maximum absolute atomic E-state index is 14.0. The van der Waals surface area contributed by atoms with Crippen LogP contribution in [0.1, 0.15) is 46.7 Å². The summed E-state index contributed by atoms with van der Waals surface area (Å²) >= 11 is 1.56. The first-order valence-electron chi connectivity index (χ1n) is 10.2. The van der Waals surface area contributed by atoms with Crippen molar-refractivity contribution in [3.8, 4) is 0 Å². The molecule has 5 rings (SSSR count). The first-order chi connectivity index (χ1) is 14.5. The molecule has 0 saturated heterocycles. The Bertz CT molecular complexity index is 1100. The number of anilines is 1. The van der Waals surface area contributed by atoms with E-state index in [4.69, 9.17) is 4.98 Å². The molecule has 6 nitrogen and oxygen atoms in total. The second-order valence-electron chi connectivity index (χ2n) is 8.02. The largest absolute Gasteiger partial charge is 0.393 e. The predicted octanol–water partition coefficient (Wildman–Crippen LogP) is 3.82. The molecular formula is C21H22F2N4O2S. The summed E-state index contributed by atoms with van der Waals surface area (Å²) < 4.78 is 27.4. The number of benzene rings is 1. The van der Waals surface area contributed by atoms with E-state index in [2.05, 4.69) is 10.3 Å². The molecule has 1 aliphatic heterocycles. The molecule has 3 N–H and O–H groups in total. The Morgan fingerprint density at radius 2 is 2.07 bits per heavy atom. The number of nitrogens with one attached hydrogen (secondary N) is 2. The number of halogens is 2. The summed E-state index contributed by atoms with van der Waals surface area (Å²) in [5, 5.41) is 14.1. The third-order valence-electron chi connectivity index (χ3n) is 5.96. The number of amides is 1. The number of hydrogen-bond donors (Lipinski definition) is 3. The van der Waals surface area contributed by atoms with Crippen molar-refractivity contribution in [3.63, 3.8) is 0 Å². The Hall–Kier alpha value is -2.52. The molecular weight excluding hydrogens is 410 g/mol. The number of rotatable bonds is 3. The van der Waals surface area contributed by atoms with Crippen LogP contribution in [0.2, 0.25) is 0 Å². The average molecular weight is 432 g/mol. The summed E-state index contributed by atoms with van der Waals surface area (Å²) in [6, 6.07) is 4.18. The summed E-state index contributed by atoms with van der Waals surface area (Å²) in [7, 11) is 0. The first-order valence-corrected chi connectivity index (χ1v) is 11.0. The number of thiazole rings is 1. The monoisotopic (exact) mass is 432 g/mol. The number of aliphatic hydroxyl groups is 1. The number of hydrogen-bond acceptors (Lipinski definition) is 5. The highest BCUT2D eigenvalue weighted by atomic mass is 32.1. The molecule has 1 saturated carbocycles. The number of fused-ring (bicyclic) bond motifs is 2. The second kappa shape index (κ2) is 7.63. The van der Waals surface area contributed by atoms with E-state index >= 15 is 0 Å². The Labute approximate surface area is 175 Å². The van der Waals surface area contributed by atoms with E-state index in [1.165, 1.54) is 12.1 Å². The van der Waals surface area contributed by atoms with Gasteiger partial charge in [0.25, 0.3) is 5.91 Å². The summed E-state index contributed by atoms with van der Waals surface area (Å²) in [6.07, 6.45) is 3.93. The average Bonchev–Trinajstić information content (AvgIpc) is 3.35. The van der Waals surface area contributed by atoms with Gasteiger partial charge in [-0.1, -0.05) is 11.3 Å². The molecule has 0 radical (unpaired) electrons. The van der Waals surface area contributed by atoms with Crippen LogP contribution in [0.5, 0.6) is 0 Å². The van der Waals surface area contributed by atoms with Crippen molar-refractivity contribution >= 4 is 33.3 Å². The van der Waals surface area contributed by atoms with Crippen molar-refractivity contribution in [2.45, 2.75) is 50.8 Å². The quantitative estimate of drug-likeness (QED) is 0.588. The van der Waals surface area contributed by atoms with Crippen LogP contribution in [0.15, 0.2) is 18.2 Å². The zero-order chi connectivity index (χ0) is 20.8. The van der Waals surface area contributed by atoms with Gasteiger partial charge in [-0.05, 0) is 43.9 Å². The number of carbonyl (C=O) groups excluding carboxylic acids is 1. The van der Waals surface area contributed by atoms with E-state index < -0.39 is 11.6 Å². The standard InChI is InChI=1S/C21H22F2N4O2S/c22-14-5-6-15-13(19(14)23)9-17(25-15)20(29)27-8-7-16-18(10-27)30-21(26-16)24-11-1-3-12(28)4-2-11/h5-6,9,11-12,25,28H,1-4,7-8,10H2,(H,24,26)/t11-,12+. The second-order valence-corrected chi connectivity index (χ2v) is 9.10. The van der Waals surface area contributed by atoms with Crippen LogP contribution < -0.4 is 5.32 Å². The molecule has 1 amide bonds. The molecule has 1 aliphatic carbocycles. The molecule has 3 heterocycles. The van der Waals surface area contributed by atoms with Crippen LogP contribution in [-0.2, 0) is 13.0 Å². The maximum atomic E-state index is 14.0. The molecule has 0 atom stereocenters. The number of nitrogens with zero attached hydrogens (tertiary/aromatic N) is 2. The van der Waals surface area contributed by atoms with Crippen molar-refractivity contribution in [1.29, 1.82) is 0 Å². The van der Waals surface area contributed by atoms with E-state index in [1.807, 2.05) is 0 Å². The molecule has 1 fully saturated rings. The van der Waals surface area contributed by atoms with Gasteiger partial charge in [-0.15, -0.1) is 0 Å². The van der Waals surface area contributed by atoms with Gasteiger partial charge in [0.2, 0.25) is 0 Å². The Kier molecular flexibility index (Phi) is 4.94. The summed E-state index contributed by atoms with van der Waals surface area (Å²) in [5.41, 5.74) is 1.66. The maximum Gasteiger partial charge on any atom is 0.270 e. The zero-order valence-corrected chi connectivity index (χ0v) is 17.1. The highest BCUT2D eigenvalue weighted by Gasteiger charge is 2.27. The van der Waals surface area contributed by atoms with Gasteiger partial charge in [0.1, 0.15) is 5.69 Å². The normalized spacial score (nSPS) is 21.6. The van der Waals surface area contributed by atoms with Crippen LogP contribution in [0.4, 0.5) is 13.9 Å². The molecule has 2 aliphatic rings. The van der Waals surface area contributed by atoms with Gasteiger partial charge >= 0.3 is 0 Å². The van der Waals surface area contributed by atoms with Gasteiger partial charge in [0.15, 0.2) is 16.8 Å². The van der Waals surface area contributed by atoms with Crippen LogP contribution in [-0.4, -0.2) is 44.6 Å². The predicted molar refractivity (Wildman–Crippen MR) is 111 cm³/mol. The molecule has 2 aromatic heterocycles. The number of H-pyrrole nitrogens is 1. The van der Waals surface area contributed by atoms with Gasteiger partial charge in [-0.25, -0.2) is 13.8 Å². The molecule has 0 unspecified atom stereocenters. The van der Waals surface area contributed by atoms with Crippen molar-refractivity contribution in [2.24, 2.45) is 0 Å². The van der Waals surface area contributed by atoms with E-state index in [0.29, 0.717) is 31.1 Å². The molecule has 9 heteroatoms. The number of aromatic amines is 1. The molecule has 1 aromatic carbocycles. The topological polar surface area (TPSA) is 81.2 Å². The first kappa shape index (κ1) is 19.4. The Balaban J connectivity index is 1.30. The van der Waals surface area contributed by atoms with Gasteiger partial charge in [-0.2, -0.15) is 0 Å². The molecule has 3 aromatic rings. The minimum atomic E-state index is -0.947. The van der Waals surface area contributed by atoms with Crippen LogP contribution >= 0.6 is 11.3 Å². The van der Waals surface area contributed by atoms with Crippen molar-refractivity contribution in [2.75, 3.05) is 11.9 Å². The summed E-state index contributed by atoms with van der Waals surface area (Å²) in [4.78, 5) is 23.3. The summed E-state index contributed by atoms with van der Waals surface area (Å²) in [5.74, 6) is -2.11. The number of aliphatic hydroxyl groups excluding tert-OH is 1. The highest BCUT2D eigenvalue weighted by molar-refractivity contribution is 7.15. The number of aromatic nitrogens is 2. The Morgan fingerprint density at radius 1 is 1.27 bits per heavy atom. The van der Waals surface area contributed by atoms with Gasteiger partial charge in [-0.3, -0.25) is 4.79 Å². The fourth-order valence-electron chi connectivity index (χ4n) is 4.25. The van der Waals surface area contributed by atoms with E-state index in [0.717, 1.165) is 47.5 Å². The van der Waals surface area contributed by atoms with Gasteiger partial charge in [0, 0.05) is 34.8 Å². The minimum Gasteiger partial charge on any atom is -0.393 e. The highest BCUT2D eigenvalue weighted by Crippen LogP contribution is 2.31. The third kappa shape index (κ3) is 3.56. The Morgan fingerprint density at radius 3 is 2.87 bits per heavy atom. The lowest BCUT2D eigenvalue weighted by molar-refractivity contribution is 0.0731. The smallest absolute Gasteiger partial charge is 0.270 e. The van der Waals surface area contributed by atoms with E-state index in [9.17, 15) is 18.7 Å². The minimum absolute atomic E-state index is 0.0814. The lowest BCUT2D eigenvalue weighted by Crippen LogP contribution is -2.35. The molecule has 0 bridgehead atoms. The lowest BCUT2D eigenvalue weighted by Gasteiger charge is -2.25. The van der Waals surface area contributed by atoms with Crippen LogP contribution in [0.3, 0.4) is 0 Å². The fraction of sp³-hybridized carbons (Fsp3) is 0.429.